The molecule has 0 unspecified atom stereocenters. The molecular formula is C42H54N10O6S2. The van der Waals surface area contributed by atoms with Gasteiger partial charge in [-0.25, -0.2) is 23.1 Å². The van der Waals surface area contributed by atoms with Gasteiger partial charge < -0.3 is 10.1 Å². The normalized spacial score (nSPS) is 17.7. The molecule has 6 aliphatic rings. The number of hydrogen-bond acceptors (Lipinski definition) is 11. The summed E-state index contributed by atoms with van der Waals surface area (Å²) in [4.78, 5) is 17.1. The maximum atomic E-state index is 12.8. The molecular weight excluding hydrogens is 805 g/mol. The summed E-state index contributed by atoms with van der Waals surface area (Å²) in [5.74, 6) is 0.903. The molecule has 2 fully saturated rings. The topological polar surface area (TPSA) is 211 Å². The van der Waals surface area contributed by atoms with Crippen molar-refractivity contribution in [3.63, 3.8) is 0 Å². The van der Waals surface area contributed by atoms with Crippen LogP contribution in [-0.4, -0.2) is 78.4 Å². The van der Waals surface area contributed by atoms with E-state index in [0.717, 1.165) is 137 Å². The monoisotopic (exact) mass is 858 g/mol. The number of hydrogen-bond donors (Lipinski definition) is 3. The molecule has 4 aromatic rings. The molecule has 2 amide bonds. The van der Waals surface area contributed by atoms with Gasteiger partial charge in [0, 0.05) is 45.0 Å². The number of benzene rings is 2. The van der Waals surface area contributed by atoms with Crippen LogP contribution in [-0.2, 0) is 98.6 Å². The summed E-state index contributed by atoms with van der Waals surface area (Å²) < 4.78 is 58.2. The number of nitriles is 1. The second kappa shape index (κ2) is 17.3. The van der Waals surface area contributed by atoms with Gasteiger partial charge in [-0.05, 0) is 161 Å². The number of ether oxygens (including phenoxy) is 1. The highest BCUT2D eigenvalue weighted by atomic mass is 32.2. The fourth-order valence-electron chi connectivity index (χ4n) is 9.27. The van der Waals surface area contributed by atoms with Crippen molar-refractivity contribution < 1.29 is 26.4 Å². The van der Waals surface area contributed by atoms with Crippen LogP contribution in [0, 0.1) is 11.5 Å². The van der Waals surface area contributed by atoms with E-state index in [2.05, 4.69) is 42.2 Å². The van der Waals surface area contributed by atoms with E-state index in [1.54, 1.807) is 29.5 Å². The summed E-state index contributed by atoms with van der Waals surface area (Å²) in [6, 6.07) is 6.98. The van der Waals surface area contributed by atoms with Crippen molar-refractivity contribution in [3.05, 3.63) is 80.2 Å². The molecule has 18 heteroatoms. The predicted molar refractivity (Wildman–Crippen MR) is 224 cm³/mol. The number of carbonyl (C=O) groups excluding carboxylic acids is 1. The highest BCUT2D eigenvalue weighted by Gasteiger charge is 2.29. The maximum absolute atomic E-state index is 12.8. The van der Waals surface area contributed by atoms with Gasteiger partial charge in [-0.1, -0.05) is 12.1 Å². The summed E-state index contributed by atoms with van der Waals surface area (Å²) in [5.41, 5.74) is 12.9. The van der Waals surface area contributed by atoms with Crippen LogP contribution in [0.5, 0.6) is 5.75 Å². The third-order valence-electron chi connectivity index (χ3n) is 12.6. The number of fused-ring (bicyclic) bond motifs is 4. The number of likely N-dealkylation sites (tertiary alicyclic amines) is 2. The molecule has 0 radical (unpaired) electrons. The Morgan fingerprint density at radius 3 is 1.53 bits per heavy atom. The van der Waals surface area contributed by atoms with Crippen molar-refractivity contribution in [2.24, 2.45) is 19.2 Å². The molecule has 60 heavy (non-hydrogen) atoms. The molecule has 320 valence electrons. The lowest BCUT2D eigenvalue weighted by Gasteiger charge is -2.30. The quantitative estimate of drug-likeness (QED) is 0.206. The van der Waals surface area contributed by atoms with Crippen molar-refractivity contribution in [2.45, 2.75) is 113 Å². The highest BCUT2D eigenvalue weighted by molar-refractivity contribution is 7.90. The molecule has 0 bridgehead atoms. The fourth-order valence-corrected chi connectivity index (χ4v) is 10.7. The summed E-state index contributed by atoms with van der Waals surface area (Å²) in [7, 11) is -4.27. The number of urea groups is 1. The van der Waals surface area contributed by atoms with Gasteiger partial charge in [0.15, 0.2) is 10.1 Å². The van der Waals surface area contributed by atoms with Gasteiger partial charge in [-0.3, -0.25) is 19.2 Å². The molecule has 2 aromatic heterocycles. The van der Waals surface area contributed by atoms with Crippen LogP contribution in [0.2, 0.25) is 0 Å². The van der Waals surface area contributed by atoms with Gasteiger partial charge in [0.2, 0.25) is 0 Å². The lowest BCUT2D eigenvalue weighted by Crippen LogP contribution is -2.36. The van der Waals surface area contributed by atoms with Crippen LogP contribution >= 0.6 is 0 Å². The summed E-state index contributed by atoms with van der Waals surface area (Å²) in [5, 5.41) is 24.4. The van der Waals surface area contributed by atoms with E-state index in [9.17, 15) is 21.6 Å². The SMILES string of the molecule is Cn1nc(S(=O)(=O)NC(=O)Nc2c3c(cc4c2CCC4)CCC3)cc1CN1CCC1.Cn1nc(S(N)(=O)=O)cc1CN1CCC1.N#COc1c2c(cc3c1CCC3)CCC2. The Morgan fingerprint density at radius 1 is 0.683 bits per heavy atom. The first-order valence-corrected chi connectivity index (χ1v) is 24.1. The molecule has 2 saturated heterocycles. The molecule has 4 aliphatic carbocycles. The standard InChI is InChI=1S/C21H27N5O3S.C13H13NO.C8H14N4O2S/c1-25-16(13-26-9-4-10-26)12-19(23-25)30(28,29)24-21(27)22-20-17-7-2-5-14(17)11-15-6-3-8-18(15)20;14-8-15-13-11-5-1-3-9(11)7-10-4-2-6-12(10)13;1-11-7(6-12-3-2-4-12)5-8(10-11)15(9,13)14/h11-12H,2-10,13H2,1H3,(H2,22,24,27);7H,1-6H2;5H,2-4,6H2,1H3,(H2,9,13,14). The molecule has 0 atom stereocenters. The minimum absolute atomic E-state index is 0.0551. The van der Waals surface area contributed by atoms with E-state index in [1.165, 1.54) is 58.7 Å². The van der Waals surface area contributed by atoms with Gasteiger partial charge in [0.05, 0.1) is 11.4 Å². The predicted octanol–water partition coefficient (Wildman–Crippen LogP) is 3.91. The molecule has 4 N–H and O–H groups in total. The Morgan fingerprint density at radius 2 is 1.12 bits per heavy atom. The van der Waals surface area contributed by atoms with Crippen LogP contribution in [0.3, 0.4) is 0 Å². The average molecular weight is 859 g/mol. The van der Waals surface area contributed by atoms with Crippen molar-refractivity contribution in [2.75, 3.05) is 31.5 Å². The second-order valence-corrected chi connectivity index (χ2v) is 19.8. The third-order valence-corrected chi connectivity index (χ3v) is 14.6. The van der Waals surface area contributed by atoms with Crippen molar-refractivity contribution in [3.8, 4) is 12.0 Å². The number of sulfonamides is 2. The van der Waals surface area contributed by atoms with Crippen molar-refractivity contribution in [1.82, 2.24) is 34.1 Å². The molecule has 16 nitrogen and oxygen atoms in total. The van der Waals surface area contributed by atoms with Crippen molar-refractivity contribution >= 4 is 31.8 Å². The van der Waals surface area contributed by atoms with E-state index in [-0.39, 0.29) is 10.1 Å². The first kappa shape index (κ1) is 41.9. The van der Waals surface area contributed by atoms with E-state index in [4.69, 9.17) is 15.1 Å². The average Bonchev–Trinajstić information content (AvgIpc) is 4.01. The Hall–Kier alpha value is -4.80. The number of primary sulfonamides is 1. The van der Waals surface area contributed by atoms with Gasteiger partial charge in [0.1, 0.15) is 5.75 Å². The van der Waals surface area contributed by atoms with Gasteiger partial charge in [-0.2, -0.15) is 18.6 Å². The number of aromatic nitrogens is 4. The molecule has 0 spiro atoms. The Bertz CT molecular complexity index is 2500. The molecule has 0 saturated carbocycles. The minimum atomic E-state index is -4.05. The zero-order valence-corrected chi connectivity index (χ0v) is 36.1. The minimum Gasteiger partial charge on any atom is -0.387 e. The number of anilines is 1. The Balaban J connectivity index is 0.000000139. The zero-order chi connectivity index (χ0) is 42.2. The van der Waals surface area contributed by atoms with Crippen LogP contribution in [0.4, 0.5) is 10.5 Å². The number of rotatable bonds is 9. The van der Waals surface area contributed by atoms with Crippen LogP contribution in [0.15, 0.2) is 34.3 Å². The smallest absolute Gasteiger partial charge is 0.333 e. The zero-order valence-electron chi connectivity index (χ0n) is 34.4. The summed E-state index contributed by atoms with van der Waals surface area (Å²) in [6.07, 6.45) is 17.1. The number of amides is 2. The lowest BCUT2D eigenvalue weighted by atomic mass is 9.99. The molecule has 10 rings (SSSR count). The number of nitrogens with one attached hydrogen (secondary N) is 2. The molecule has 4 heterocycles. The largest absolute Gasteiger partial charge is 0.387 e. The van der Waals surface area contributed by atoms with Crippen LogP contribution in [0.1, 0.15) is 94.4 Å². The van der Waals surface area contributed by atoms with E-state index < -0.39 is 26.1 Å². The van der Waals surface area contributed by atoms with Gasteiger partial charge in [0.25, 0.3) is 26.3 Å². The first-order valence-electron chi connectivity index (χ1n) is 21.0. The maximum Gasteiger partial charge on any atom is 0.333 e. The second-order valence-electron chi connectivity index (χ2n) is 16.7. The summed E-state index contributed by atoms with van der Waals surface area (Å²) >= 11 is 0. The van der Waals surface area contributed by atoms with E-state index in [0.29, 0.717) is 6.54 Å². The third kappa shape index (κ3) is 8.96. The van der Waals surface area contributed by atoms with Gasteiger partial charge in [-0.15, -0.1) is 5.26 Å². The van der Waals surface area contributed by atoms with E-state index in [1.807, 2.05) is 6.26 Å². The Kier molecular flexibility index (Phi) is 12.1. The van der Waals surface area contributed by atoms with Crippen LogP contribution in [0.25, 0.3) is 0 Å². The number of carbonyl (C=O) groups is 1. The first-order chi connectivity index (χ1) is 28.8. The summed E-state index contributed by atoms with van der Waals surface area (Å²) in [6.45, 7) is 5.55. The Labute approximate surface area is 352 Å². The lowest BCUT2D eigenvalue weighted by molar-refractivity contribution is 0.168. The number of aryl methyl sites for hydroxylation is 6. The van der Waals surface area contributed by atoms with E-state index >= 15 is 0 Å². The molecule has 2 aliphatic heterocycles. The number of nitrogens with zero attached hydrogens (tertiary/aromatic N) is 7. The van der Waals surface area contributed by atoms with Gasteiger partial charge >= 0.3 is 6.03 Å². The highest BCUT2D eigenvalue weighted by Crippen LogP contribution is 2.40. The van der Waals surface area contributed by atoms with Crippen LogP contribution < -0.4 is 19.9 Å². The number of nitrogens with two attached hydrogens (primary N) is 1. The molecule has 2 aromatic carbocycles. The van der Waals surface area contributed by atoms with Crippen molar-refractivity contribution in [1.29, 1.82) is 5.26 Å². The fraction of sp³-hybridized carbons (Fsp3) is 0.524.